The summed E-state index contributed by atoms with van der Waals surface area (Å²) in [7, 11) is -3.89. The molecule has 0 aromatic heterocycles. The SMILES string of the molecule is Cc1ccc(S(=O)(=O)OCC2CCc3cc(F)cc(-c4ccccc4Cl)c3O2)cc1. The molecule has 3 aromatic carbocycles. The smallest absolute Gasteiger partial charge is 0.297 e. The van der Waals surface area contributed by atoms with Crippen LogP contribution in [0.2, 0.25) is 5.02 Å². The Morgan fingerprint density at radius 3 is 2.57 bits per heavy atom. The minimum atomic E-state index is -3.89. The van der Waals surface area contributed by atoms with Gasteiger partial charge in [-0.2, -0.15) is 8.42 Å². The van der Waals surface area contributed by atoms with Gasteiger partial charge in [0.2, 0.25) is 0 Å². The summed E-state index contributed by atoms with van der Waals surface area (Å²) in [4.78, 5) is 0.100. The number of aryl methyl sites for hydroxylation is 2. The van der Waals surface area contributed by atoms with Crippen LogP contribution in [-0.2, 0) is 20.7 Å². The van der Waals surface area contributed by atoms with Gasteiger partial charge >= 0.3 is 0 Å². The molecular formula is C23H20ClFO4S. The summed E-state index contributed by atoms with van der Waals surface area (Å²) in [5, 5.41) is 0.481. The first-order chi connectivity index (χ1) is 14.3. The second-order valence-electron chi connectivity index (χ2n) is 7.25. The van der Waals surface area contributed by atoms with Crippen molar-refractivity contribution in [2.75, 3.05) is 6.61 Å². The standard InChI is InChI=1S/C23H20ClFO4S/c1-15-6-10-19(11-7-15)30(26,27)28-14-18-9-8-16-12-17(25)13-21(23(16)29-18)20-4-2-3-5-22(20)24/h2-7,10-13,18H,8-9,14H2,1H3. The molecule has 30 heavy (non-hydrogen) atoms. The predicted octanol–water partition coefficient (Wildman–Crippen LogP) is 5.55. The number of benzene rings is 3. The Morgan fingerprint density at radius 2 is 1.83 bits per heavy atom. The Morgan fingerprint density at radius 1 is 1.10 bits per heavy atom. The molecule has 0 fully saturated rings. The van der Waals surface area contributed by atoms with Crippen LogP contribution in [0.5, 0.6) is 5.75 Å². The normalized spacial score (nSPS) is 16.0. The van der Waals surface area contributed by atoms with E-state index >= 15 is 0 Å². The molecule has 1 aliphatic rings. The van der Waals surface area contributed by atoms with Gasteiger partial charge in [0.15, 0.2) is 0 Å². The highest BCUT2D eigenvalue weighted by atomic mass is 35.5. The highest BCUT2D eigenvalue weighted by Gasteiger charge is 2.27. The lowest BCUT2D eigenvalue weighted by molar-refractivity contribution is 0.113. The van der Waals surface area contributed by atoms with Crippen molar-refractivity contribution in [3.8, 4) is 16.9 Å². The molecule has 1 heterocycles. The number of hydrogen-bond acceptors (Lipinski definition) is 4. The van der Waals surface area contributed by atoms with Crippen LogP contribution in [0.15, 0.2) is 65.6 Å². The summed E-state index contributed by atoms with van der Waals surface area (Å²) in [5.74, 6) is 0.140. The van der Waals surface area contributed by atoms with Crippen LogP contribution < -0.4 is 4.74 Å². The molecule has 1 unspecified atom stereocenters. The van der Waals surface area contributed by atoms with Crippen molar-refractivity contribution in [3.05, 3.63) is 82.6 Å². The third-order valence-electron chi connectivity index (χ3n) is 5.03. The second kappa shape index (κ2) is 8.38. The molecule has 0 saturated heterocycles. The van der Waals surface area contributed by atoms with Gasteiger partial charge in [-0.1, -0.05) is 47.5 Å². The monoisotopic (exact) mass is 446 g/mol. The third-order valence-corrected chi connectivity index (χ3v) is 6.66. The van der Waals surface area contributed by atoms with Gasteiger partial charge in [0.05, 0.1) is 4.90 Å². The minimum absolute atomic E-state index is 0.100. The van der Waals surface area contributed by atoms with Gasteiger partial charge in [0, 0.05) is 16.1 Å². The fraction of sp³-hybridized carbons (Fsp3) is 0.217. The minimum Gasteiger partial charge on any atom is -0.487 e. The Kier molecular flexibility index (Phi) is 5.82. The van der Waals surface area contributed by atoms with Gasteiger partial charge in [-0.15, -0.1) is 0 Å². The number of rotatable bonds is 5. The van der Waals surface area contributed by atoms with E-state index in [0.717, 1.165) is 11.1 Å². The quantitative estimate of drug-likeness (QED) is 0.482. The van der Waals surface area contributed by atoms with Gasteiger partial charge in [0.1, 0.15) is 24.3 Å². The van der Waals surface area contributed by atoms with E-state index in [1.54, 1.807) is 30.3 Å². The molecule has 4 rings (SSSR count). The van der Waals surface area contributed by atoms with Gasteiger partial charge in [-0.25, -0.2) is 4.39 Å². The van der Waals surface area contributed by atoms with E-state index < -0.39 is 16.2 Å². The molecule has 0 N–H and O–H groups in total. The van der Waals surface area contributed by atoms with E-state index in [0.29, 0.717) is 34.7 Å². The lowest BCUT2D eigenvalue weighted by Gasteiger charge is -2.28. The van der Waals surface area contributed by atoms with Crippen LogP contribution >= 0.6 is 11.6 Å². The zero-order chi connectivity index (χ0) is 21.3. The molecule has 0 bridgehead atoms. The Balaban J connectivity index is 1.56. The van der Waals surface area contributed by atoms with E-state index in [1.165, 1.54) is 24.3 Å². The lowest BCUT2D eigenvalue weighted by atomic mass is 9.95. The lowest BCUT2D eigenvalue weighted by Crippen LogP contribution is -2.29. The number of hydrogen-bond donors (Lipinski definition) is 0. The van der Waals surface area contributed by atoms with E-state index in [9.17, 15) is 12.8 Å². The molecule has 0 radical (unpaired) electrons. The van der Waals surface area contributed by atoms with Crippen LogP contribution in [0.4, 0.5) is 4.39 Å². The van der Waals surface area contributed by atoms with Crippen molar-refractivity contribution in [2.45, 2.75) is 30.8 Å². The highest BCUT2D eigenvalue weighted by Crippen LogP contribution is 2.41. The zero-order valence-corrected chi connectivity index (χ0v) is 17.8. The molecule has 7 heteroatoms. The van der Waals surface area contributed by atoms with Crippen molar-refractivity contribution < 1.29 is 21.7 Å². The number of halogens is 2. The largest absolute Gasteiger partial charge is 0.487 e. The van der Waals surface area contributed by atoms with E-state index in [1.807, 2.05) is 13.0 Å². The van der Waals surface area contributed by atoms with Crippen molar-refractivity contribution in [1.82, 2.24) is 0 Å². The summed E-state index contributed by atoms with van der Waals surface area (Å²) in [6, 6.07) is 16.4. The van der Waals surface area contributed by atoms with Crippen LogP contribution in [0.25, 0.3) is 11.1 Å². The van der Waals surface area contributed by atoms with Crippen molar-refractivity contribution in [1.29, 1.82) is 0 Å². The molecule has 0 saturated carbocycles. The molecule has 0 aliphatic carbocycles. The fourth-order valence-electron chi connectivity index (χ4n) is 3.45. The van der Waals surface area contributed by atoms with Crippen molar-refractivity contribution in [2.24, 2.45) is 0 Å². The van der Waals surface area contributed by atoms with Crippen molar-refractivity contribution in [3.63, 3.8) is 0 Å². The number of ether oxygens (including phenoxy) is 1. The first kappa shape index (κ1) is 20.8. The van der Waals surface area contributed by atoms with Gasteiger partial charge in [-0.3, -0.25) is 4.18 Å². The highest BCUT2D eigenvalue weighted by molar-refractivity contribution is 7.86. The van der Waals surface area contributed by atoms with Gasteiger partial charge < -0.3 is 4.74 Å². The summed E-state index contributed by atoms with van der Waals surface area (Å²) in [6.07, 6.45) is 0.578. The zero-order valence-electron chi connectivity index (χ0n) is 16.3. The molecule has 0 amide bonds. The average Bonchev–Trinajstić information content (AvgIpc) is 2.72. The molecule has 1 atom stereocenters. The fourth-order valence-corrected chi connectivity index (χ4v) is 4.63. The average molecular weight is 447 g/mol. The summed E-state index contributed by atoms with van der Waals surface area (Å²) in [6.45, 7) is 1.75. The predicted molar refractivity (Wildman–Crippen MR) is 114 cm³/mol. The second-order valence-corrected chi connectivity index (χ2v) is 9.27. The van der Waals surface area contributed by atoms with Crippen LogP contribution in [0.3, 0.4) is 0 Å². The maximum atomic E-state index is 14.2. The Hall–Kier alpha value is -2.41. The van der Waals surface area contributed by atoms with E-state index in [4.69, 9.17) is 20.5 Å². The molecule has 3 aromatic rings. The maximum absolute atomic E-state index is 14.2. The van der Waals surface area contributed by atoms with Crippen molar-refractivity contribution >= 4 is 21.7 Å². The molecule has 1 aliphatic heterocycles. The first-order valence-corrected chi connectivity index (χ1v) is 11.3. The van der Waals surface area contributed by atoms with Gasteiger partial charge in [-0.05, 0) is 55.7 Å². The topological polar surface area (TPSA) is 52.6 Å². The molecule has 0 spiro atoms. The number of fused-ring (bicyclic) bond motifs is 1. The Labute approximate surface area is 180 Å². The Bertz CT molecular complexity index is 1180. The van der Waals surface area contributed by atoms with E-state index in [-0.39, 0.29) is 17.3 Å². The van der Waals surface area contributed by atoms with Crippen LogP contribution in [0, 0.1) is 12.7 Å². The molecular weight excluding hydrogens is 427 g/mol. The van der Waals surface area contributed by atoms with E-state index in [2.05, 4.69) is 0 Å². The summed E-state index contributed by atoms with van der Waals surface area (Å²) in [5.41, 5.74) is 2.88. The van der Waals surface area contributed by atoms with Gasteiger partial charge in [0.25, 0.3) is 10.1 Å². The maximum Gasteiger partial charge on any atom is 0.297 e. The molecule has 156 valence electrons. The van der Waals surface area contributed by atoms with Crippen LogP contribution in [0.1, 0.15) is 17.5 Å². The third kappa shape index (κ3) is 4.36. The first-order valence-electron chi connectivity index (χ1n) is 9.53. The molecule has 4 nitrogen and oxygen atoms in total. The summed E-state index contributed by atoms with van der Waals surface area (Å²) >= 11 is 6.31. The summed E-state index contributed by atoms with van der Waals surface area (Å²) < 4.78 is 50.4. The van der Waals surface area contributed by atoms with Crippen LogP contribution in [-0.4, -0.2) is 21.1 Å².